The summed E-state index contributed by atoms with van der Waals surface area (Å²) >= 11 is 1.20. The predicted octanol–water partition coefficient (Wildman–Crippen LogP) is 2.29. The van der Waals surface area contributed by atoms with E-state index in [1.807, 2.05) is 6.07 Å². The Hall–Kier alpha value is -3.38. The van der Waals surface area contributed by atoms with Gasteiger partial charge in [0.1, 0.15) is 11.1 Å². The first kappa shape index (κ1) is 18.0. The molecule has 2 aromatic rings. The van der Waals surface area contributed by atoms with Gasteiger partial charge in [0.15, 0.2) is 6.10 Å². The summed E-state index contributed by atoms with van der Waals surface area (Å²) in [4.78, 5) is 34.9. The number of nitrogens with zero attached hydrogens (tertiary/aromatic N) is 1. The zero-order valence-electron chi connectivity index (χ0n) is 13.1. The minimum absolute atomic E-state index is 0.212. The minimum atomic E-state index is -1.05. The lowest BCUT2D eigenvalue weighted by atomic mass is 10.2. The molecule has 25 heavy (non-hydrogen) atoms. The number of amides is 3. The highest BCUT2D eigenvalue weighted by molar-refractivity contribution is 7.14. The fourth-order valence-corrected chi connectivity index (χ4v) is 2.56. The van der Waals surface area contributed by atoms with Crippen molar-refractivity contribution in [2.24, 2.45) is 5.73 Å². The van der Waals surface area contributed by atoms with Crippen LogP contribution in [0.1, 0.15) is 22.8 Å². The number of ether oxygens (including phenoxy) is 1. The average molecular weight is 358 g/mol. The van der Waals surface area contributed by atoms with Crippen LogP contribution in [-0.2, 0) is 9.53 Å². The van der Waals surface area contributed by atoms with E-state index in [-0.39, 0.29) is 5.56 Å². The number of carbonyl (C=O) groups is 3. The normalized spacial score (nSPS) is 11.0. The molecule has 2 rings (SSSR count). The smallest absolute Gasteiger partial charge is 0.338 e. The highest BCUT2D eigenvalue weighted by atomic mass is 32.1. The van der Waals surface area contributed by atoms with Crippen molar-refractivity contribution in [2.45, 2.75) is 13.0 Å². The Kier molecular flexibility index (Phi) is 5.71. The lowest BCUT2D eigenvalue weighted by Gasteiger charge is -2.13. The van der Waals surface area contributed by atoms with Gasteiger partial charge in [0.2, 0.25) is 0 Å². The summed E-state index contributed by atoms with van der Waals surface area (Å²) in [5, 5.41) is 15.9. The van der Waals surface area contributed by atoms with E-state index in [0.29, 0.717) is 16.3 Å². The molecule has 0 aliphatic heterocycles. The number of urea groups is 1. The number of esters is 1. The third-order valence-electron chi connectivity index (χ3n) is 3.06. The maximum absolute atomic E-state index is 12.1. The molecule has 0 bridgehead atoms. The summed E-state index contributed by atoms with van der Waals surface area (Å²) in [6.45, 7) is 1.43. The lowest BCUT2D eigenvalue weighted by Crippen LogP contribution is -2.29. The van der Waals surface area contributed by atoms with Gasteiger partial charge in [-0.25, -0.2) is 9.59 Å². The number of nitrogens with one attached hydrogen (secondary N) is 2. The molecule has 1 unspecified atom stereocenters. The maximum atomic E-state index is 12.1. The molecule has 4 N–H and O–H groups in total. The van der Waals surface area contributed by atoms with Gasteiger partial charge in [0, 0.05) is 5.69 Å². The number of nitrogens with two attached hydrogens (primary N) is 1. The second-order valence-corrected chi connectivity index (χ2v) is 5.79. The minimum Gasteiger partial charge on any atom is -0.449 e. The van der Waals surface area contributed by atoms with E-state index in [2.05, 4.69) is 10.6 Å². The number of hydrogen-bond donors (Lipinski definition) is 3. The van der Waals surface area contributed by atoms with Crippen LogP contribution < -0.4 is 16.4 Å². The van der Waals surface area contributed by atoms with Crippen molar-refractivity contribution in [1.29, 1.82) is 5.26 Å². The van der Waals surface area contributed by atoms with E-state index in [0.717, 1.165) is 0 Å². The highest BCUT2D eigenvalue weighted by Gasteiger charge is 2.20. The molecule has 1 aromatic carbocycles. The van der Waals surface area contributed by atoms with Crippen molar-refractivity contribution in [3.8, 4) is 6.07 Å². The summed E-state index contributed by atoms with van der Waals surface area (Å²) in [7, 11) is 0. The van der Waals surface area contributed by atoms with E-state index < -0.39 is 24.0 Å². The van der Waals surface area contributed by atoms with Gasteiger partial charge in [-0.15, -0.1) is 11.3 Å². The molecular formula is C16H14N4O4S. The molecule has 1 heterocycles. The largest absolute Gasteiger partial charge is 0.449 e. The molecule has 0 aliphatic carbocycles. The van der Waals surface area contributed by atoms with Crippen molar-refractivity contribution in [3.05, 3.63) is 46.8 Å². The lowest BCUT2D eigenvalue weighted by molar-refractivity contribution is -0.123. The van der Waals surface area contributed by atoms with Crippen LogP contribution in [0.4, 0.5) is 15.5 Å². The Morgan fingerprint density at radius 2 is 1.88 bits per heavy atom. The first-order valence-corrected chi connectivity index (χ1v) is 7.94. The van der Waals surface area contributed by atoms with E-state index in [1.54, 1.807) is 11.4 Å². The van der Waals surface area contributed by atoms with Crippen LogP contribution in [0.25, 0.3) is 0 Å². The molecular weight excluding hydrogens is 344 g/mol. The zero-order valence-corrected chi connectivity index (χ0v) is 13.9. The Morgan fingerprint density at radius 3 is 2.48 bits per heavy atom. The topological polar surface area (TPSA) is 134 Å². The third-order valence-corrected chi connectivity index (χ3v) is 3.89. The Labute approximate surface area is 147 Å². The van der Waals surface area contributed by atoms with Crippen molar-refractivity contribution < 1.29 is 19.1 Å². The standard InChI is InChI=1S/C16H14N4O4S/c1-9(13(21)20-14-11(8-17)6-7-25-14)24-15(22)10-2-4-12(5-3-10)19-16(18)23/h2-7,9H,1H3,(H,20,21)(H3,18,19,23). The van der Waals surface area contributed by atoms with Crippen molar-refractivity contribution >= 4 is 39.9 Å². The van der Waals surface area contributed by atoms with Gasteiger partial charge < -0.3 is 21.1 Å². The van der Waals surface area contributed by atoms with Gasteiger partial charge in [-0.05, 0) is 42.6 Å². The van der Waals surface area contributed by atoms with Gasteiger partial charge in [-0.3, -0.25) is 4.79 Å². The van der Waals surface area contributed by atoms with E-state index in [1.165, 1.54) is 42.5 Å². The molecule has 0 radical (unpaired) electrons. The molecule has 0 aliphatic rings. The summed E-state index contributed by atoms with van der Waals surface area (Å²) in [6.07, 6.45) is -1.05. The number of primary amides is 1. The summed E-state index contributed by atoms with van der Waals surface area (Å²) in [5.41, 5.74) is 5.97. The zero-order chi connectivity index (χ0) is 18.4. The van der Waals surface area contributed by atoms with Gasteiger partial charge in [-0.2, -0.15) is 5.26 Å². The monoisotopic (exact) mass is 358 g/mol. The average Bonchev–Trinajstić information content (AvgIpc) is 3.01. The van der Waals surface area contributed by atoms with Crippen molar-refractivity contribution in [2.75, 3.05) is 10.6 Å². The number of nitriles is 1. The van der Waals surface area contributed by atoms with Crippen molar-refractivity contribution in [3.63, 3.8) is 0 Å². The van der Waals surface area contributed by atoms with Crippen LogP contribution in [0, 0.1) is 11.3 Å². The molecule has 1 atom stereocenters. The second-order valence-electron chi connectivity index (χ2n) is 4.88. The summed E-state index contributed by atoms with van der Waals surface area (Å²) in [6, 6.07) is 8.66. The first-order valence-electron chi connectivity index (χ1n) is 7.06. The molecule has 0 saturated carbocycles. The van der Waals surface area contributed by atoms with Crippen LogP contribution >= 0.6 is 11.3 Å². The Balaban J connectivity index is 1.96. The number of carbonyl (C=O) groups excluding carboxylic acids is 3. The maximum Gasteiger partial charge on any atom is 0.338 e. The molecule has 1 aromatic heterocycles. The highest BCUT2D eigenvalue weighted by Crippen LogP contribution is 2.22. The third kappa shape index (κ3) is 4.79. The van der Waals surface area contributed by atoms with Crippen LogP contribution in [0.5, 0.6) is 0 Å². The number of benzene rings is 1. The van der Waals surface area contributed by atoms with Gasteiger partial charge in [0.05, 0.1) is 11.1 Å². The SMILES string of the molecule is CC(OC(=O)c1ccc(NC(N)=O)cc1)C(=O)Nc1sccc1C#N. The molecule has 8 nitrogen and oxygen atoms in total. The van der Waals surface area contributed by atoms with Crippen LogP contribution in [0.15, 0.2) is 35.7 Å². The van der Waals surface area contributed by atoms with Gasteiger partial charge in [-0.1, -0.05) is 0 Å². The molecule has 0 saturated heterocycles. The van der Waals surface area contributed by atoms with Crippen LogP contribution in [0.3, 0.4) is 0 Å². The van der Waals surface area contributed by atoms with Crippen molar-refractivity contribution in [1.82, 2.24) is 0 Å². The number of thiophene rings is 1. The fraction of sp³-hybridized carbons (Fsp3) is 0.125. The Bertz CT molecular complexity index is 839. The Morgan fingerprint density at radius 1 is 1.20 bits per heavy atom. The summed E-state index contributed by atoms with van der Waals surface area (Å²) < 4.78 is 5.10. The molecule has 9 heteroatoms. The van der Waals surface area contributed by atoms with Crippen LogP contribution in [-0.4, -0.2) is 24.0 Å². The van der Waals surface area contributed by atoms with Gasteiger partial charge >= 0.3 is 12.0 Å². The molecule has 0 spiro atoms. The number of rotatable bonds is 5. The number of hydrogen-bond acceptors (Lipinski definition) is 6. The predicted molar refractivity (Wildman–Crippen MR) is 92.2 cm³/mol. The van der Waals surface area contributed by atoms with E-state index >= 15 is 0 Å². The van der Waals surface area contributed by atoms with E-state index in [4.69, 9.17) is 15.7 Å². The second kappa shape index (κ2) is 7.94. The number of anilines is 2. The molecule has 0 fully saturated rings. The van der Waals surface area contributed by atoms with E-state index in [9.17, 15) is 14.4 Å². The summed E-state index contributed by atoms with van der Waals surface area (Å²) in [5.74, 6) is -1.24. The molecule has 128 valence electrons. The fourth-order valence-electron chi connectivity index (χ4n) is 1.82. The molecule has 3 amide bonds. The quantitative estimate of drug-likeness (QED) is 0.705. The van der Waals surface area contributed by atoms with Crippen LogP contribution in [0.2, 0.25) is 0 Å². The first-order chi connectivity index (χ1) is 11.9. The van der Waals surface area contributed by atoms with Gasteiger partial charge in [0.25, 0.3) is 5.91 Å².